The van der Waals surface area contributed by atoms with Crippen LogP contribution < -0.4 is 5.32 Å². The number of nitrogens with zero attached hydrogens (tertiary/aromatic N) is 1. The normalized spacial score (nSPS) is 13.0. The van der Waals surface area contributed by atoms with Gasteiger partial charge in [0.2, 0.25) is 0 Å². The molecule has 0 saturated carbocycles. The van der Waals surface area contributed by atoms with E-state index in [1.54, 1.807) is 24.4 Å². The van der Waals surface area contributed by atoms with Gasteiger partial charge >= 0.3 is 0 Å². The fraction of sp³-hybridized carbons (Fsp3) is 0.471. The molecule has 0 aliphatic rings. The number of hydrogen-bond acceptors (Lipinski definition) is 4. The van der Waals surface area contributed by atoms with E-state index in [2.05, 4.69) is 24.1 Å². The van der Waals surface area contributed by atoms with Crippen LogP contribution in [-0.2, 0) is 11.3 Å². The quantitative estimate of drug-likeness (QED) is 0.787. The third-order valence-electron chi connectivity index (χ3n) is 3.26. The molecule has 2 aromatic rings. The summed E-state index contributed by atoms with van der Waals surface area (Å²) in [6.07, 6.45) is 1.10. The summed E-state index contributed by atoms with van der Waals surface area (Å²) in [5.41, 5.74) is 1.56. The predicted octanol–water partition coefficient (Wildman–Crippen LogP) is 2.50. The highest BCUT2D eigenvalue weighted by Crippen LogP contribution is 2.19. The Labute approximate surface area is 130 Å². The van der Waals surface area contributed by atoms with E-state index < -0.39 is 6.10 Å². The van der Waals surface area contributed by atoms with Crippen LogP contribution in [0.5, 0.6) is 0 Å². The monoisotopic (exact) mass is 306 g/mol. The first-order chi connectivity index (χ1) is 10.6. The number of halogens is 1. The largest absolute Gasteiger partial charge is 0.389 e. The highest BCUT2D eigenvalue weighted by Gasteiger charge is 2.08. The molecule has 1 atom stereocenters. The van der Waals surface area contributed by atoms with Crippen LogP contribution in [0.15, 0.2) is 30.5 Å². The lowest BCUT2D eigenvalue weighted by Crippen LogP contribution is -2.30. The summed E-state index contributed by atoms with van der Waals surface area (Å²) in [6, 6.07) is 6.61. The average molecular weight is 306 g/mol. The molecular weight excluding hydrogens is 283 g/mol. The minimum absolute atomic E-state index is 0.269. The van der Waals surface area contributed by atoms with Crippen molar-refractivity contribution in [1.82, 2.24) is 10.3 Å². The molecule has 0 aliphatic heterocycles. The minimum Gasteiger partial charge on any atom is -0.389 e. The van der Waals surface area contributed by atoms with Crippen molar-refractivity contribution in [3.05, 3.63) is 41.8 Å². The topological polar surface area (TPSA) is 54.4 Å². The number of nitrogens with one attached hydrogen (secondary N) is 1. The molecule has 1 heterocycles. The Morgan fingerprint density at radius 1 is 1.27 bits per heavy atom. The molecule has 1 aromatic carbocycles. The lowest BCUT2D eigenvalue weighted by Gasteiger charge is -2.14. The summed E-state index contributed by atoms with van der Waals surface area (Å²) < 4.78 is 19.1. The van der Waals surface area contributed by atoms with Crippen molar-refractivity contribution >= 4 is 10.9 Å². The van der Waals surface area contributed by atoms with Gasteiger partial charge in [-0.3, -0.25) is 4.98 Å². The zero-order chi connectivity index (χ0) is 15.9. The van der Waals surface area contributed by atoms with E-state index in [9.17, 15) is 9.50 Å². The molecule has 0 radical (unpaired) electrons. The van der Waals surface area contributed by atoms with Crippen LogP contribution in [0.1, 0.15) is 19.4 Å². The number of benzene rings is 1. The molecule has 2 N–H and O–H groups in total. The summed E-state index contributed by atoms with van der Waals surface area (Å²) in [7, 11) is 0. The molecule has 0 spiro atoms. The Kier molecular flexibility index (Phi) is 6.24. The van der Waals surface area contributed by atoms with Crippen molar-refractivity contribution in [3.63, 3.8) is 0 Å². The lowest BCUT2D eigenvalue weighted by atomic mass is 10.1. The number of aliphatic hydroxyl groups excluding tert-OH is 1. The molecule has 1 unspecified atom stereocenters. The molecule has 120 valence electrons. The van der Waals surface area contributed by atoms with Crippen molar-refractivity contribution < 1.29 is 14.2 Å². The van der Waals surface area contributed by atoms with Crippen LogP contribution in [-0.4, -0.2) is 36.0 Å². The Balaban J connectivity index is 1.86. The van der Waals surface area contributed by atoms with Crippen LogP contribution in [0.2, 0.25) is 0 Å². The van der Waals surface area contributed by atoms with Gasteiger partial charge in [-0.2, -0.15) is 0 Å². The van der Waals surface area contributed by atoms with Crippen molar-refractivity contribution in [3.8, 4) is 0 Å². The van der Waals surface area contributed by atoms with E-state index in [-0.39, 0.29) is 5.82 Å². The molecule has 2 rings (SSSR count). The zero-order valence-corrected chi connectivity index (χ0v) is 13.1. The summed E-state index contributed by atoms with van der Waals surface area (Å²) in [6.45, 7) is 6.03. The second-order valence-corrected chi connectivity index (χ2v) is 5.82. The highest BCUT2D eigenvalue weighted by molar-refractivity contribution is 5.82. The Morgan fingerprint density at radius 3 is 2.86 bits per heavy atom. The van der Waals surface area contributed by atoms with Gasteiger partial charge in [0.25, 0.3) is 0 Å². The second kappa shape index (κ2) is 8.17. The standard InChI is InChI=1S/C17H23FN2O2/c1-12(2)10-22-11-14(21)9-19-8-13-5-6-16(18)15-4-3-7-20-17(13)15/h3-7,12,14,19,21H,8-11H2,1-2H3. The Morgan fingerprint density at radius 2 is 2.09 bits per heavy atom. The summed E-state index contributed by atoms with van der Waals surface area (Å²) in [4.78, 5) is 4.24. The molecule has 0 bridgehead atoms. The number of ether oxygens (including phenoxy) is 1. The van der Waals surface area contributed by atoms with Gasteiger partial charge in [-0.15, -0.1) is 0 Å². The fourth-order valence-corrected chi connectivity index (χ4v) is 2.21. The minimum atomic E-state index is -0.557. The smallest absolute Gasteiger partial charge is 0.132 e. The van der Waals surface area contributed by atoms with Gasteiger partial charge < -0.3 is 15.2 Å². The Bertz CT molecular complexity index is 604. The average Bonchev–Trinajstić information content (AvgIpc) is 2.49. The van der Waals surface area contributed by atoms with Gasteiger partial charge in [0.15, 0.2) is 0 Å². The van der Waals surface area contributed by atoms with E-state index in [1.807, 2.05) is 0 Å². The van der Waals surface area contributed by atoms with Gasteiger partial charge in [0.05, 0.1) is 18.2 Å². The maximum absolute atomic E-state index is 13.7. The van der Waals surface area contributed by atoms with Gasteiger partial charge in [-0.1, -0.05) is 19.9 Å². The van der Waals surface area contributed by atoms with Gasteiger partial charge in [-0.25, -0.2) is 4.39 Å². The maximum Gasteiger partial charge on any atom is 0.132 e. The van der Waals surface area contributed by atoms with E-state index >= 15 is 0 Å². The third-order valence-corrected chi connectivity index (χ3v) is 3.26. The number of aromatic nitrogens is 1. The molecule has 22 heavy (non-hydrogen) atoms. The SMILES string of the molecule is CC(C)COCC(O)CNCc1ccc(F)c2cccnc12. The van der Waals surface area contributed by atoms with E-state index in [0.717, 1.165) is 5.56 Å². The van der Waals surface area contributed by atoms with Crippen LogP contribution in [0, 0.1) is 11.7 Å². The second-order valence-electron chi connectivity index (χ2n) is 5.82. The van der Waals surface area contributed by atoms with Crippen molar-refractivity contribution in [2.45, 2.75) is 26.5 Å². The number of hydrogen-bond donors (Lipinski definition) is 2. The molecule has 0 fully saturated rings. The third kappa shape index (κ3) is 4.73. The van der Waals surface area contributed by atoms with E-state index in [0.29, 0.717) is 43.1 Å². The maximum atomic E-state index is 13.7. The van der Waals surface area contributed by atoms with Gasteiger partial charge in [0.1, 0.15) is 5.82 Å². The van der Waals surface area contributed by atoms with Gasteiger partial charge in [0, 0.05) is 31.3 Å². The van der Waals surface area contributed by atoms with Gasteiger partial charge in [-0.05, 0) is 29.7 Å². The zero-order valence-electron chi connectivity index (χ0n) is 13.1. The van der Waals surface area contributed by atoms with Crippen molar-refractivity contribution in [2.24, 2.45) is 5.92 Å². The molecule has 0 amide bonds. The first-order valence-corrected chi connectivity index (χ1v) is 7.56. The highest BCUT2D eigenvalue weighted by atomic mass is 19.1. The summed E-state index contributed by atoms with van der Waals surface area (Å²) in [5.74, 6) is 0.186. The Hall–Kier alpha value is -1.56. The van der Waals surface area contributed by atoms with Crippen molar-refractivity contribution in [1.29, 1.82) is 0 Å². The predicted molar refractivity (Wildman–Crippen MR) is 85.1 cm³/mol. The molecule has 0 saturated heterocycles. The van der Waals surface area contributed by atoms with Crippen LogP contribution in [0.3, 0.4) is 0 Å². The first-order valence-electron chi connectivity index (χ1n) is 7.56. The molecule has 1 aromatic heterocycles. The van der Waals surface area contributed by atoms with E-state index in [1.165, 1.54) is 6.07 Å². The number of rotatable bonds is 8. The number of fused-ring (bicyclic) bond motifs is 1. The van der Waals surface area contributed by atoms with Crippen LogP contribution in [0.4, 0.5) is 4.39 Å². The fourth-order valence-electron chi connectivity index (χ4n) is 2.21. The number of pyridine rings is 1. The summed E-state index contributed by atoms with van der Waals surface area (Å²) in [5, 5.41) is 13.5. The van der Waals surface area contributed by atoms with Crippen LogP contribution in [0.25, 0.3) is 10.9 Å². The van der Waals surface area contributed by atoms with E-state index in [4.69, 9.17) is 4.74 Å². The first kappa shape index (κ1) is 16.8. The van der Waals surface area contributed by atoms with Crippen molar-refractivity contribution in [2.75, 3.05) is 19.8 Å². The lowest BCUT2D eigenvalue weighted by molar-refractivity contribution is 0.0260. The number of aliphatic hydroxyl groups is 1. The van der Waals surface area contributed by atoms with Crippen LogP contribution >= 0.6 is 0 Å². The summed E-state index contributed by atoms with van der Waals surface area (Å²) >= 11 is 0. The molecule has 5 heteroatoms. The molecular formula is C17H23FN2O2. The molecule has 4 nitrogen and oxygen atoms in total. The molecule has 0 aliphatic carbocycles.